The first-order chi connectivity index (χ1) is 6.61. The molecule has 1 rings (SSSR count). The molecule has 1 saturated heterocycles. The molecule has 2 N–H and O–H groups in total. The number of ketones is 1. The largest absolute Gasteiger partial charge is 0.378 e. The summed E-state index contributed by atoms with van der Waals surface area (Å²) in [5, 5.41) is 0. The van der Waals surface area contributed by atoms with E-state index >= 15 is 0 Å². The second kappa shape index (κ2) is 4.71. The molecule has 0 radical (unpaired) electrons. The summed E-state index contributed by atoms with van der Waals surface area (Å²) in [5.41, 5.74) is 4.73. The van der Waals surface area contributed by atoms with Crippen LogP contribution in [0.5, 0.6) is 0 Å². The Morgan fingerprint density at radius 2 is 1.79 bits per heavy atom. The van der Waals surface area contributed by atoms with Crippen LogP contribution in [0.15, 0.2) is 0 Å². The van der Waals surface area contributed by atoms with Crippen LogP contribution in [0.2, 0.25) is 0 Å². The average molecular weight is 200 g/mol. The molecule has 14 heavy (non-hydrogen) atoms. The molecule has 0 unspecified atom stereocenters. The van der Waals surface area contributed by atoms with Crippen LogP contribution in [-0.4, -0.2) is 48.8 Å². The van der Waals surface area contributed by atoms with E-state index < -0.39 is 18.1 Å². The van der Waals surface area contributed by atoms with Gasteiger partial charge in [-0.15, -0.1) is 0 Å². The molecule has 0 aromatic carbocycles. The molecule has 1 fully saturated rings. The van der Waals surface area contributed by atoms with Crippen LogP contribution in [0, 0.1) is 0 Å². The van der Waals surface area contributed by atoms with Crippen LogP contribution in [0.1, 0.15) is 6.42 Å². The van der Waals surface area contributed by atoms with Gasteiger partial charge in [0.1, 0.15) is 0 Å². The Labute approximate surface area is 81.0 Å². The van der Waals surface area contributed by atoms with E-state index in [-0.39, 0.29) is 5.91 Å². The maximum atomic E-state index is 11.4. The number of ether oxygens (including phenoxy) is 1. The van der Waals surface area contributed by atoms with E-state index in [1.807, 2.05) is 0 Å². The van der Waals surface area contributed by atoms with Crippen LogP contribution in [-0.2, 0) is 19.1 Å². The van der Waals surface area contributed by atoms with Gasteiger partial charge in [-0.05, 0) is 0 Å². The number of rotatable bonds is 3. The quantitative estimate of drug-likeness (QED) is 0.434. The fraction of sp³-hybridized carbons (Fsp3) is 0.625. The van der Waals surface area contributed by atoms with Crippen molar-refractivity contribution in [2.75, 3.05) is 26.3 Å². The van der Waals surface area contributed by atoms with E-state index in [2.05, 4.69) is 0 Å². The smallest absolute Gasteiger partial charge is 0.285 e. The normalized spacial score (nSPS) is 16.4. The van der Waals surface area contributed by atoms with Crippen molar-refractivity contribution in [2.45, 2.75) is 6.42 Å². The topological polar surface area (TPSA) is 89.7 Å². The highest BCUT2D eigenvalue weighted by atomic mass is 16.5. The van der Waals surface area contributed by atoms with Gasteiger partial charge in [-0.2, -0.15) is 0 Å². The van der Waals surface area contributed by atoms with Crippen LogP contribution < -0.4 is 5.73 Å². The lowest BCUT2D eigenvalue weighted by atomic mass is 10.2. The molecule has 0 aromatic rings. The number of hydrogen-bond donors (Lipinski definition) is 1. The number of carbonyl (C=O) groups excluding carboxylic acids is 3. The molecule has 1 aliphatic heterocycles. The van der Waals surface area contributed by atoms with Crippen molar-refractivity contribution in [3.8, 4) is 0 Å². The Kier molecular flexibility index (Phi) is 3.58. The van der Waals surface area contributed by atoms with Gasteiger partial charge in [-0.3, -0.25) is 14.4 Å². The van der Waals surface area contributed by atoms with Gasteiger partial charge < -0.3 is 15.4 Å². The van der Waals surface area contributed by atoms with Crippen LogP contribution >= 0.6 is 0 Å². The summed E-state index contributed by atoms with van der Waals surface area (Å²) in [6.45, 7) is 1.86. The third-order valence-corrected chi connectivity index (χ3v) is 1.95. The molecule has 0 aliphatic carbocycles. The molecule has 0 atom stereocenters. The SMILES string of the molecule is NC(=O)C(=O)CC(=O)N1CCOCC1. The van der Waals surface area contributed by atoms with Gasteiger partial charge in [-0.25, -0.2) is 0 Å². The Morgan fingerprint density at radius 3 is 2.29 bits per heavy atom. The lowest BCUT2D eigenvalue weighted by Gasteiger charge is -2.26. The second-order valence-corrected chi connectivity index (χ2v) is 2.96. The zero-order valence-electron chi connectivity index (χ0n) is 7.69. The number of Topliss-reactive ketones (excluding diaryl/α,β-unsaturated/α-hetero) is 1. The number of nitrogens with two attached hydrogens (primary N) is 1. The van der Waals surface area contributed by atoms with Crippen LogP contribution in [0.3, 0.4) is 0 Å². The summed E-state index contributed by atoms with van der Waals surface area (Å²) in [5.74, 6) is -2.27. The summed E-state index contributed by atoms with van der Waals surface area (Å²) < 4.78 is 5.03. The molecule has 1 heterocycles. The first-order valence-electron chi connectivity index (χ1n) is 4.29. The third kappa shape index (κ3) is 2.81. The molecule has 0 bridgehead atoms. The van der Waals surface area contributed by atoms with E-state index in [1.54, 1.807) is 0 Å². The van der Waals surface area contributed by atoms with Crippen LogP contribution in [0.25, 0.3) is 0 Å². The predicted molar refractivity (Wildman–Crippen MR) is 46.2 cm³/mol. The monoisotopic (exact) mass is 200 g/mol. The van der Waals surface area contributed by atoms with Crippen LogP contribution in [0.4, 0.5) is 0 Å². The van der Waals surface area contributed by atoms with Crippen molar-refractivity contribution >= 4 is 17.6 Å². The molecule has 6 nitrogen and oxygen atoms in total. The molecular formula is C8H12N2O4. The summed E-state index contributed by atoms with van der Waals surface area (Å²) in [6, 6.07) is 0. The van der Waals surface area contributed by atoms with E-state index in [4.69, 9.17) is 10.5 Å². The molecule has 0 saturated carbocycles. The molecule has 1 aliphatic rings. The van der Waals surface area contributed by atoms with Crippen molar-refractivity contribution in [3.05, 3.63) is 0 Å². The molecule has 2 amide bonds. The fourth-order valence-corrected chi connectivity index (χ4v) is 1.15. The van der Waals surface area contributed by atoms with E-state index in [1.165, 1.54) is 4.90 Å². The Bertz CT molecular complexity index is 258. The standard InChI is InChI=1S/C8H12N2O4/c9-8(13)6(11)5-7(12)10-1-3-14-4-2-10/h1-5H2,(H2,9,13). The van der Waals surface area contributed by atoms with Gasteiger partial charge in [0, 0.05) is 13.1 Å². The molecule has 0 spiro atoms. The highest BCUT2D eigenvalue weighted by Crippen LogP contribution is 2.00. The zero-order chi connectivity index (χ0) is 10.6. The van der Waals surface area contributed by atoms with Crippen molar-refractivity contribution < 1.29 is 19.1 Å². The first-order valence-corrected chi connectivity index (χ1v) is 4.29. The van der Waals surface area contributed by atoms with E-state index in [0.29, 0.717) is 26.3 Å². The second-order valence-electron chi connectivity index (χ2n) is 2.96. The number of amides is 2. The first kappa shape index (κ1) is 10.6. The Hall–Kier alpha value is -1.43. The zero-order valence-corrected chi connectivity index (χ0v) is 7.69. The van der Waals surface area contributed by atoms with Crippen molar-refractivity contribution in [3.63, 3.8) is 0 Å². The highest BCUT2D eigenvalue weighted by Gasteiger charge is 2.21. The summed E-state index contributed by atoms with van der Waals surface area (Å²) in [7, 11) is 0. The summed E-state index contributed by atoms with van der Waals surface area (Å²) >= 11 is 0. The van der Waals surface area contributed by atoms with Gasteiger partial charge in [-0.1, -0.05) is 0 Å². The van der Waals surface area contributed by atoms with Crippen molar-refractivity contribution in [1.82, 2.24) is 4.90 Å². The van der Waals surface area contributed by atoms with E-state index in [0.717, 1.165) is 0 Å². The van der Waals surface area contributed by atoms with Gasteiger partial charge in [0.05, 0.1) is 19.6 Å². The minimum absolute atomic E-state index is 0.364. The number of hydrogen-bond acceptors (Lipinski definition) is 4. The van der Waals surface area contributed by atoms with E-state index in [9.17, 15) is 14.4 Å². The van der Waals surface area contributed by atoms with Gasteiger partial charge in [0.15, 0.2) is 0 Å². The Balaban J connectivity index is 2.40. The maximum Gasteiger partial charge on any atom is 0.285 e. The lowest BCUT2D eigenvalue weighted by Crippen LogP contribution is -2.42. The number of carbonyl (C=O) groups is 3. The summed E-state index contributed by atoms with van der Waals surface area (Å²) in [6.07, 6.45) is -0.435. The van der Waals surface area contributed by atoms with Crippen molar-refractivity contribution in [1.29, 1.82) is 0 Å². The van der Waals surface area contributed by atoms with Gasteiger partial charge in [0.2, 0.25) is 11.7 Å². The minimum Gasteiger partial charge on any atom is -0.378 e. The third-order valence-electron chi connectivity index (χ3n) is 1.95. The molecular weight excluding hydrogens is 188 g/mol. The molecule has 78 valence electrons. The minimum atomic E-state index is -1.06. The lowest BCUT2D eigenvalue weighted by molar-refractivity contribution is -0.143. The maximum absolute atomic E-state index is 11.4. The highest BCUT2D eigenvalue weighted by molar-refractivity contribution is 6.38. The van der Waals surface area contributed by atoms with Crippen molar-refractivity contribution in [2.24, 2.45) is 5.73 Å². The number of primary amides is 1. The fourth-order valence-electron chi connectivity index (χ4n) is 1.15. The summed E-state index contributed by atoms with van der Waals surface area (Å²) in [4.78, 5) is 34.1. The molecule has 6 heteroatoms. The predicted octanol–water partition coefficient (Wildman–Crippen LogP) is -1.71. The number of morpholine rings is 1. The average Bonchev–Trinajstić information content (AvgIpc) is 2.19. The van der Waals surface area contributed by atoms with Gasteiger partial charge in [0.25, 0.3) is 5.91 Å². The number of nitrogens with zero attached hydrogens (tertiary/aromatic N) is 1. The Morgan fingerprint density at radius 1 is 1.21 bits per heavy atom. The van der Waals surface area contributed by atoms with Gasteiger partial charge >= 0.3 is 0 Å². The molecule has 0 aromatic heterocycles.